The van der Waals surface area contributed by atoms with Gasteiger partial charge in [-0.3, -0.25) is 4.79 Å². The number of carbonyl (C=O) groups excluding carboxylic acids is 1. The molecule has 2 aliphatic rings. The molecule has 5 nitrogen and oxygen atoms in total. The van der Waals surface area contributed by atoms with Gasteiger partial charge in [0.15, 0.2) is 0 Å². The number of hydrogen-bond donors (Lipinski definition) is 1. The predicted octanol–water partition coefficient (Wildman–Crippen LogP) is 1.66. The molecule has 0 aromatic carbocycles. The molecule has 1 aromatic heterocycles. The van der Waals surface area contributed by atoms with Crippen LogP contribution < -0.4 is 5.32 Å². The Morgan fingerprint density at radius 3 is 2.71 bits per heavy atom. The summed E-state index contributed by atoms with van der Waals surface area (Å²) >= 11 is 0. The normalized spacial score (nSPS) is 21.4. The van der Waals surface area contributed by atoms with E-state index in [-0.39, 0.29) is 5.91 Å². The van der Waals surface area contributed by atoms with E-state index in [0.717, 1.165) is 57.7 Å². The lowest BCUT2D eigenvalue weighted by molar-refractivity contribution is 0.0354. The van der Waals surface area contributed by atoms with Gasteiger partial charge in [0.1, 0.15) is 5.69 Å². The van der Waals surface area contributed by atoms with Gasteiger partial charge in [0.05, 0.1) is 0 Å². The minimum atomic E-state index is 0.144. The Morgan fingerprint density at radius 1 is 1.29 bits per heavy atom. The first kappa shape index (κ1) is 14.6. The fourth-order valence-electron chi connectivity index (χ4n) is 3.40. The second-order valence-electron chi connectivity index (χ2n) is 6.04. The lowest BCUT2D eigenvalue weighted by Crippen LogP contribution is -2.41. The number of amides is 1. The van der Waals surface area contributed by atoms with E-state index in [2.05, 4.69) is 16.1 Å². The summed E-state index contributed by atoms with van der Waals surface area (Å²) in [5, 5.41) is 3.38. The van der Waals surface area contributed by atoms with Crippen molar-refractivity contribution >= 4 is 5.91 Å². The largest absolute Gasteiger partial charge is 0.381 e. The maximum atomic E-state index is 12.8. The van der Waals surface area contributed by atoms with Gasteiger partial charge in [0, 0.05) is 38.5 Å². The van der Waals surface area contributed by atoms with Crippen molar-refractivity contribution in [3.8, 4) is 0 Å². The van der Waals surface area contributed by atoms with E-state index in [1.54, 1.807) is 0 Å². The Balaban J connectivity index is 1.73. The molecule has 1 aromatic rings. The topological polar surface area (TPSA) is 46.5 Å². The molecule has 2 fully saturated rings. The molecular formula is C16H25N3O2. The highest BCUT2D eigenvalue weighted by atomic mass is 16.5. The third kappa shape index (κ3) is 3.14. The van der Waals surface area contributed by atoms with E-state index < -0.39 is 0 Å². The van der Waals surface area contributed by atoms with Gasteiger partial charge in [-0.15, -0.1) is 0 Å². The molecule has 0 atom stereocenters. The first-order valence-corrected chi connectivity index (χ1v) is 8.00. The van der Waals surface area contributed by atoms with Crippen LogP contribution in [0.15, 0.2) is 18.3 Å². The van der Waals surface area contributed by atoms with Crippen LogP contribution in [0, 0.1) is 0 Å². The molecule has 5 heteroatoms. The molecular weight excluding hydrogens is 266 g/mol. The molecule has 2 aliphatic heterocycles. The van der Waals surface area contributed by atoms with Gasteiger partial charge in [-0.1, -0.05) is 0 Å². The zero-order valence-electron chi connectivity index (χ0n) is 12.8. The van der Waals surface area contributed by atoms with Crippen LogP contribution in [0.25, 0.3) is 0 Å². The Labute approximate surface area is 126 Å². The molecule has 0 saturated carbocycles. The summed E-state index contributed by atoms with van der Waals surface area (Å²) in [7, 11) is 1.93. The number of carbonyl (C=O) groups is 1. The minimum Gasteiger partial charge on any atom is -0.381 e. The maximum Gasteiger partial charge on any atom is 0.270 e. The van der Waals surface area contributed by atoms with Crippen LogP contribution >= 0.6 is 0 Å². The second kappa shape index (κ2) is 6.62. The zero-order chi connectivity index (χ0) is 14.7. The van der Waals surface area contributed by atoms with Crippen LogP contribution in [0.2, 0.25) is 0 Å². The summed E-state index contributed by atoms with van der Waals surface area (Å²) in [6.45, 7) is 3.59. The van der Waals surface area contributed by atoms with Crippen LogP contribution in [0.1, 0.15) is 42.2 Å². The van der Waals surface area contributed by atoms with Crippen molar-refractivity contribution in [3.05, 3.63) is 24.0 Å². The van der Waals surface area contributed by atoms with Gasteiger partial charge in [0.2, 0.25) is 0 Å². The lowest BCUT2D eigenvalue weighted by atomic mass is 10.1. The molecule has 1 amide bonds. The summed E-state index contributed by atoms with van der Waals surface area (Å²) in [5.74, 6) is 0.144. The van der Waals surface area contributed by atoms with E-state index in [1.807, 2.05) is 24.1 Å². The molecule has 116 valence electrons. The van der Waals surface area contributed by atoms with E-state index >= 15 is 0 Å². The third-order valence-electron chi connectivity index (χ3n) is 4.76. The van der Waals surface area contributed by atoms with E-state index in [4.69, 9.17) is 4.74 Å². The fraction of sp³-hybridized carbons (Fsp3) is 0.688. The monoisotopic (exact) mass is 291 g/mol. The first-order valence-electron chi connectivity index (χ1n) is 8.00. The summed E-state index contributed by atoms with van der Waals surface area (Å²) in [6.07, 6.45) is 6.12. The van der Waals surface area contributed by atoms with E-state index in [9.17, 15) is 4.79 Å². The fourth-order valence-corrected chi connectivity index (χ4v) is 3.40. The molecule has 0 aliphatic carbocycles. The van der Waals surface area contributed by atoms with Gasteiger partial charge < -0.3 is 19.5 Å². The van der Waals surface area contributed by atoms with Gasteiger partial charge in [0.25, 0.3) is 5.91 Å². The highest BCUT2D eigenvalue weighted by Gasteiger charge is 2.26. The maximum absolute atomic E-state index is 12.8. The lowest BCUT2D eigenvalue weighted by Gasteiger charge is -2.32. The van der Waals surface area contributed by atoms with Gasteiger partial charge in [-0.2, -0.15) is 0 Å². The van der Waals surface area contributed by atoms with Crippen LogP contribution in [0.4, 0.5) is 0 Å². The van der Waals surface area contributed by atoms with E-state index in [1.165, 1.54) is 0 Å². The number of rotatable bonds is 3. The zero-order valence-corrected chi connectivity index (χ0v) is 12.8. The standard InChI is InChI=1S/C16H25N3O2/c1-18(13-6-11-21-12-7-13)16(20)15-3-2-10-19(15)14-4-8-17-9-5-14/h2-3,10,13-14,17H,4-9,11-12H2,1H3. The number of aromatic nitrogens is 1. The first-order chi connectivity index (χ1) is 10.3. The molecule has 0 unspecified atom stereocenters. The number of nitrogens with zero attached hydrogens (tertiary/aromatic N) is 2. The highest BCUT2D eigenvalue weighted by Crippen LogP contribution is 2.23. The molecule has 3 heterocycles. The molecule has 1 N–H and O–H groups in total. The van der Waals surface area contributed by atoms with Crippen molar-refractivity contribution in [1.29, 1.82) is 0 Å². The molecule has 21 heavy (non-hydrogen) atoms. The Bertz CT molecular complexity index is 474. The van der Waals surface area contributed by atoms with Crippen LogP contribution in [-0.2, 0) is 4.74 Å². The quantitative estimate of drug-likeness (QED) is 0.921. The van der Waals surface area contributed by atoms with Gasteiger partial charge >= 0.3 is 0 Å². The summed E-state index contributed by atoms with van der Waals surface area (Å²) in [4.78, 5) is 14.7. The molecule has 2 saturated heterocycles. The Kier molecular flexibility index (Phi) is 4.60. The smallest absolute Gasteiger partial charge is 0.270 e. The number of ether oxygens (including phenoxy) is 1. The Morgan fingerprint density at radius 2 is 2.00 bits per heavy atom. The second-order valence-corrected chi connectivity index (χ2v) is 6.04. The van der Waals surface area contributed by atoms with Crippen LogP contribution in [0.5, 0.6) is 0 Å². The number of nitrogens with one attached hydrogen (secondary N) is 1. The van der Waals surface area contributed by atoms with Crippen LogP contribution in [0.3, 0.4) is 0 Å². The summed E-state index contributed by atoms with van der Waals surface area (Å²) in [5.41, 5.74) is 0.830. The Hall–Kier alpha value is -1.33. The average Bonchev–Trinajstić information content (AvgIpc) is 3.04. The van der Waals surface area contributed by atoms with Crippen molar-refractivity contribution < 1.29 is 9.53 Å². The van der Waals surface area contributed by atoms with Crippen LogP contribution in [-0.4, -0.2) is 54.8 Å². The molecule has 0 spiro atoms. The van der Waals surface area contributed by atoms with Crippen molar-refractivity contribution in [2.24, 2.45) is 0 Å². The summed E-state index contributed by atoms with van der Waals surface area (Å²) < 4.78 is 7.57. The van der Waals surface area contributed by atoms with Crippen molar-refractivity contribution in [3.63, 3.8) is 0 Å². The number of hydrogen-bond acceptors (Lipinski definition) is 3. The van der Waals surface area contributed by atoms with Crippen molar-refractivity contribution in [2.75, 3.05) is 33.4 Å². The van der Waals surface area contributed by atoms with Crippen molar-refractivity contribution in [2.45, 2.75) is 37.8 Å². The van der Waals surface area contributed by atoms with Crippen molar-refractivity contribution in [1.82, 2.24) is 14.8 Å². The van der Waals surface area contributed by atoms with E-state index in [0.29, 0.717) is 12.1 Å². The average molecular weight is 291 g/mol. The van der Waals surface area contributed by atoms with Gasteiger partial charge in [-0.25, -0.2) is 0 Å². The third-order valence-corrected chi connectivity index (χ3v) is 4.76. The molecule has 0 radical (unpaired) electrons. The summed E-state index contributed by atoms with van der Waals surface area (Å²) in [6, 6.07) is 4.71. The highest BCUT2D eigenvalue weighted by molar-refractivity contribution is 5.92. The minimum absolute atomic E-state index is 0.144. The van der Waals surface area contributed by atoms with Gasteiger partial charge in [-0.05, 0) is 50.9 Å². The predicted molar refractivity (Wildman–Crippen MR) is 81.5 cm³/mol. The number of piperidine rings is 1. The SMILES string of the molecule is CN(C(=O)c1cccn1C1CCNCC1)C1CCOCC1. The molecule has 0 bridgehead atoms. The molecule has 3 rings (SSSR count).